The number of nitrogens with zero attached hydrogens (tertiary/aromatic N) is 2. The monoisotopic (exact) mass is 298 g/mol. The number of thioether (sulfide) groups is 1. The van der Waals surface area contributed by atoms with Gasteiger partial charge in [0.1, 0.15) is 0 Å². The van der Waals surface area contributed by atoms with E-state index < -0.39 is 0 Å². The maximum Gasteiger partial charge on any atom is 0.234 e. The zero-order valence-electron chi connectivity index (χ0n) is 11.8. The van der Waals surface area contributed by atoms with Crippen molar-refractivity contribution in [1.29, 1.82) is 0 Å². The number of carbonyl (C=O) groups excluding carboxylic acids is 1. The summed E-state index contributed by atoms with van der Waals surface area (Å²) < 4.78 is 6.75. The lowest BCUT2D eigenvalue weighted by Gasteiger charge is -2.21. The Morgan fingerprint density at radius 2 is 2.40 bits per heavy atom. The molecule has 7 heteroatoms. The Balaban J connectivity index is 1.69. The second kappa shape index (κ2) is 8.28. The molecule has 112 valence electrons. The Hall–Kier alpha value is -1.05. The Labute approximate surface area is 123 Å². The van der Waals surface area contributed by atoms with Gasteiger partial charge in [-0.2, -0.15) is 5.10 Å². The fraction of sp³-hybridized carbons (Fsp3) is 0.692. The molecule has 1 aliphatic heterocycles. The third kappa shape index (κ3) is 5.15. The molecule has 20 heavy (non-hydrogen) atoms. The fourth-order valence-electron chi connectivity index (χ4n) is 2.09. The summed E-state index contributed by atoms with van der Waals surface area (Å²) in [6, 6.07) is 0. The number of hydrogen-bond acceptors (Lipinski definition) is 5. The van der Waals surface area contributed by atoms with Crippen LogP contribution in [0.5, 0.6) is 0 Å². The molecular formula is C13H22N4O2S. The number of amides is 1. The first-order chi connectivity index (χ1) is 9.78. The maximum atomic E-state index is 11.9. The van der Waals surface area contributed by atoms with E-state index in [4.69, 9.17) is 4.74 Å². The standard InChI is InChI=1S/C13H22N4O2S/c1-19-7-6-17-9-11(8-15-17)16-13(18)10-20-12-2-4-14-5-3-12/h8-9,12,14H,2-7,10H2,1H3,(H,16,18). The van der Waals surface area contributed by atoms with E-state index in [1.54, 1.807) is 29.8 Å². The Bertz CT molecular complexity index is 418. The van der Waals surface area contributed by atoms with Crippen molar-refractivity contribution in [1.82, 2.24) is 15.1 Å². The van der Waals surface area contributed by atoms with Crippen molar-refractivity contribution in [3.63, 3.8) is 0 Å². The number of rotatable bonds is 7. The number of hydrogen-bond donors (Lipinski definition) is 2. The quantitative estimate of drug-likeness (QED) is 0.784. The van der Waals surface area contributed by atoms with Crippen LogP contribution in [0.4, 0.5) is 5.69 Å². The van der Waals surface area contributed by atoms with Gasteiger partial charge in [0.05, 0.1) is 30.8 Å². The molecule has 0 spiro atoms. The summed E-state index contributed by atoms with van der Waals surface area (Å²) >= 11 is 1.75. The molecule has 0 unspecified atom stereocenters. The van der Waals surface area contributed by atoms with Gasteiger partial charge in [-0.15, -0.1) is 11.8 Å². The lowest BCUT2D eigenvalue weighted by atomic mass is 10.2. The average Bonchev–Trinajstić information content (AvgIpc) is 2.91. The van der Waals surface area contributed by atoms with Gasteiger partial charge in [-0.05, 0) is 25.9 Å². The summed E-state index contributed by atoms with van der Waals surface area (Å²) in [5.74, 6) is 0.549. The summed E-state index contributed by atoms with van der Waals surface area (Å²) in [5, 5.41) is 11.0. The molecule has 0 radical (unpaired) electrons. The van der Waals surface area contributed by atoms with Crippen LogP contribution in [0, 0.1) is 0 Å². The van der Waals surface area contributed by atoms with Crippen LogP contribution in [0.15, 0.2) is 12.4 Å². The summed E-state index contributed by atoms with van der Waals surface area (Å²) in [6.45, 7) is 3.42. The molecule has 0 atom stereocenters. The van der Waals surface area contributed by atoms with Gasteiger partial charge in [0.2, 0.25) is 5.91 Å². The van der Waals surface area contributed by atoms with Crippen molar-refractivity contribution in [2.24, 2.45) is 0 Å². The summed E-state index contributed by atoms with van der Waals surface area (Å²) in [7, 11) is 1.66. The minimum atomic E-state index is 0.0415. The number of anilines is 1. The van der Waals surface area contributed by atoms with E-state index in [-0.39, 0.29) is 5.91 Å². The molecule has 2 rings (SSSR count). The molecule has 0 aliphatic carbocycles. The first kappa shape index (κ1) is 15.3. The van der Waals surface area contributed by atoms with Gasteiger partial charge in [-0.3, -0.25) is 9.48 Å². The minimum absolute atomic E-state index is 0.0415. The molecule has 1 aliphatic rings. The second-order valence-corrected chi connectivity index (χ2v) is 6.08. The van der Waals surface area contributed by atoms with E-state index in [9.17, 15) is 4.79 Å². The lowest BCUT2D eigenvalue weighted by Crippen LogP contribution is -2.30. The highest BCUT2D eigenvalue weighted by Gasteiger charge is 2.15. The third-order valence-electron chi connectivity index (χ3n) is 3.18. The highest BCUT2D eigenvalue weighted by atomic mass is 32.2. The summed E-state index contributed by atoms with van der Waals surface area (Å²) in [4.78, 5) is 11.9. The molecule has 0 saturated carbocycles. The molecule has 1 saturated heterocycles. The van der Waals surface area contributed by atoms with Crippen LogP contribution >= 0.6 is 11.8 Å². The zero-order valence-corrected chi connectivity index (χ0v) is 12.6. The first-order valence-electron chi connectivity index (χ1n) is 6.91. The smallest absolute Gasteiger partial charge is 0.234 e. The van der Waals surface area contributed by atoms with Crippen molar-refractivity contribution in [3.8, 4) is 0 Å². The van der Waals surface area contributed by atoms with Crippen LogP contribution in [0.25, 0.3) is 0 Å². The van der Waals surface area contributed by atoms with Gasteiger partial charge in [0, 0.05) is 18.6 Å². The molecular weight excluding hydrogens is 276 g/mol. The van der Waals surface area contributed by atoms with Gasteiger partial charge in [0.25, 0.3) is 0 Å². The van der Waals surface area contributed by atoms with Crippen LogP contribution in [0.2, 0.25) is 0 Å². The molecule has 1 aromatic rings. The normalized spacial score (nSPS) is 16.2. The number of nitrogens with one attached hydrogen (secondary N) is 2. The largest absolute Gasteiger partial charge is 0.383 e. The topological polar surface area (TPSA) is 68.2 Å². The van der Waals surface area contributed by atoms with E-state index in [0.717, 1.165) is 31.6 Å². The van der Waals surface area contributed by atoms with Crippen LogP contribution in [0.3, 0.4) is 0 Å². The van der Waals surface area contributed by atoms with Crippen molar-refractivity contribution >= 4 is 23.4 Å². The minimum Gasteiger partial charge on any atom is -0.383 e. The van der Waals surface area contributed by atoms with Gasteiger partial charge < -0.3 is 15.4 Å². The summed E-state index contributed by atoms with van der Waals surface area (Å²) in [6.07, 6.45) is 5.79. The van der Waals surface area contributed by atoms with Crippen LogP contribution in [-0.2, 0) is 16.1 Å². The van der Waals surface area contributed by atoms with Crippen LogP contribution in [0.1, 0.15) is 12.8 Å². The average molecular weight is 298 g/mol. The third-order valence-corrected chi connectivity index (χ3v) is 4.55. The molecule has 0 aromatic carbocycles. The molecule has 1 amide bonds. The predicted octanol–water partition coefficient (Wildman–Crippen LogP) is 0.953. The lowest BCUT2D eigenvalue weighted by molar-refractivity contribution is -0.113. The van der Waals surface area contributed by atoms with Gasteiger partial charge in [-0.25, -0.2) is 0 Å². The van der Waals surface area contributed by atoms with E-state index >= 15 is 0 Å². The molecule has 0 bridgehead atoms. The van der Waals surface area contributed by atoms with Crippen LogP contribution in [-0.4, -0.2) is 53.5 Å². The van der Waals surface area contributed by atoms with Gasteiger partial charge >= 0.3 is 0 Å². The van der Waals surface area contributed by atoms with Crippen LogP contribution < -0.4 is 10.6 Å². The molecule has 2 heterocycles. The Kier molecular flexibility index (Phi) is 6.35. The van der Waals surface area contributed by atoms with Crippen molar-refractivity contribution in [3.05, 3.63) is 12.4 Å². The van der Waals surface area contributed by atoms with Gasteiger partial charge in [0.15, 0.2) is 0 Å². The maximum absolute atomic E-state index is 11.9. The number of carbonyl (C=O) groups is 1. The highest BCUT2D eigenvalue weighted by Crippen LogP contribution is 2.20. The Morgan fingerprint density at radius 1 is 1.60 bits per heavy atom. The van der Waals surface area contributed by atoms with E-state index in [1.165, 1.54) is 0 Å². The van der Waals surface area contributed by atoms with E-state index in [2.05, 4.69) is 15.7 Å². The molecule has 1 fully saturated rings. The van der Waals surface area contributed by atoms with Crippen molar-refractivity contribution < 1.29 is 9.53 Å². The second-order valence-electron chi connectivity index (χ2n) is 4.79. The van der Waals surface area contributed by atoms with Crippen molar-refractivity contribution in [2.45, 2.75) is 24.6 Å². The molecule has 1 aromatic heterocycles. The SMILES string of the molecule is COCCn1cc(NC(=O)CSC2CCNCC2)cn1. The summed E-state index contributed by atoms with van der Waals surface area (Å²) in [5.41, 5.74) is 0.747. The molecule has 2 N–H and O–H groups in total. The molecule has 6 nitrogen and oxygen atoms in total. The number of methoxy groups -OCH3 is 1. The Morgan fingerprint density at radius 3 is 3.15 bits per heavy atom. The van der Waals surface area contributed by atoms with E-state index in [0.29, 0.717) is 24.2 Å². The fourth-order valence-corrected chi connectivity index (χ4v) is 3.12. The van der Waals surface area contributed by atoms with Gasteiger partial charge in [-0.1, -0.05) is 0 Å². The zero-order chi connectivity index (χ0) is 14.2. The highest BCUT2D eigenvalue weighted by molar-refractivity contribution is 8.00. The van der Waals surface area contributed by atoms with E-state index in [1.807, 2.05) is 6.20 Å². The number of ether oxygens (including phenoxy) is 1. The number of piperidine rings is 1. The predicted molar refractivity (Wildman–Crippen MR) is 81.1 cm³/mol. The first-order valence-corrected chi connectivity index (χ1v) is 7.96. The number of aromatic nitrogens is 2. The van der Waals surface area contributed by atoms with Crippen molar-refractivity contribution in [2.75, 3.05) is 37.9 Å².